The van der Waals surface area contributed by atoms with Crippen LogP contribution in [0.5, 0.6) is 5.75 Å². The van der Waals surface area contributed by atoms with E-state index in [2.05, 4.69) is 10.1 Å². The summed E-state index contributed by atoms with van der Waals surface area (Å²) in [5, 5.41) is 13.6. The van der Waals surface area contributed by atoms with Crippen molar-refractivity contribution in [3.63, 3.8) is 0 Å². The van der Waals surface area contributed by atoms with Gasteiger partial charge < -0.3 is 20.1 Å². The van der Waals surface area contributed by atoms with Gasteiger partial charge in [0, 0.05) is 0 Å². The van der Waals surface area contributed by atoms with Crippen LogP contribution < -0.4 is 10.5 Å². The minimum atomic E-state index is -0.828. The summed E-state index contributed by atoms with van der Waals surface area (Å²) in [4.78, 5) is 4.18. The number of hydrogen-bond acceptors (Lipinski definition) is 6. The quantitative estimate of drug-likeness (QED) is 0.820. The van der Waals surface area contributed by atoms with E-state index in [1.165, 1.54) is 0 Å². The number of hydrogen-bond donors (Lipinski definition) is 2. The smallest absolute Gasteiger partial charge is 0.255 e. The number of aromatic nitrogens is 2. The average molecular weight is 263 g/mol. The van der Waals surface area contributed by atoms with Crippen molar-refractivity contribution in [1.82, 2.24) is 10.1 Å². The number of rotatable bonds is 6. The molecule has 1 aromatic heterocycles. The summed E-state index contributed by atoms with van der Waals surface area (Å²) in [6.45, 7) is 2.81. The molecule has 0 saturated heterocycles. The predicted octanol–water partition coefficient (Wildman–Crippen LogP) is 1.52. The zero-order valence-electron chi connectivity index (χ0n) is 10.7. The summed E-state index contributed by atoms with van der Waals surface area (Å²) in [6, 6.07) is 7.42. The van der Waals surface area contributed by atoms with E-state index in [-0.39, 0.29) is 5.89 Å². The molecular formula is C13H17N3O3. The lowest BCUT2D eigenvalue weighted by Crippen LogP contribution is -2.06. The van der Waals surface area contributed by atoms with Crippen LogP contribution in [0.2, 0.25) is 0 Å². The molecule has 6 nitrogen and oxygen atoms in total. The van der Waals surface area contributed by atoms with E-state index in [9.17, 15) is 5.11 Å². The second-order valence-corrected chi connectivity index (χ2v) is 3.98. The summed E-state index contributed by atoms with van der Waals surface area (Å²) >= 11 is 0. The third kappa shape index (κ3) is 3.10. The Bertz CT molecular complexity index is 527. The highest BCUT2D eigenvalue weighted by Crippen LogP contribution is 2.28. The van der Waals surface area contributed by atoms with Crippen molar-refractivity contribution >= 4 is 0 Å². The zero-order chi connectivity index (χ0) is 13.7. The Morgan fingerprint density at radius 2 is 2.21 bits per heavy atom. The van der Waals surface area contributed by atoms with Crippen LogP contribution in [0.3, 0.4) is 0 Å². The molecule has 0 spiro atoms. The van der Waals surface area contributed by atoms with Gasteiger partial charge in [-0.3, -0.25) is 0 Å². The van der Waals surface area contributed by atoms with Crippen molar-refractivity contribution < 1.29 is 14.4 Å². The fraction of sp³-hybridized carbons (Fsp3) is 0.385. The summed E-state index contributed by atoms with van der Waals surface area (Å²) < 4.78 is 10.5. The van der Waals surface area contributed by atoms with Gasteiger partial charge in [0.2, 0.25) is 5.82 Å². The SMILES string of the molecule is CCOc1ccccc1-c1noc([C@@H](O)CCN)n1. The molecular weight excluding hydrogens is 246 g/mol. The highest BCUT2D eigenvalue weighted by molar-refractivity contribution is 5.63. The van der Waals surface area contributed by atoms with Crippen molar-refractivity contribution in [3.8, 4) is 17.1 Å². The maximum absolute atomic E-state index is 9.75. The Balaban J connectivity index is 2.27. The minimum absolute atomic E-state index is 0.173. The number of benzene rings is 1. The van der Waals surface area contributed by atoms with Gasteiger partial charge in [-0.25, -0.2) is 0 Å². The van der Waals surface area contributed by atoms with Crippen molar-refractivity contribution in [1.29, 1.82) is 0 Å². The Labute approximate surface area is 111 Å². The van der Waals surface area contributed by atoms with Crippen LogP contribution in [-0.2, 0) is 0 Å². The molecule has 2 aromatic rings. The number of nitrogens with two attached hydrogens (primary N) is 1. The Kier molecular flexibility index (Phi) is 4.48. The van der Waals surface area contributed by atoms with Crippen LogP contribution >= 0.6 is 0 Å². The molecule has 0 radical (unpaired) electrons. The van der Waals surface area contributed by atoms with Gasteiger partial charge in [-0.1, -0.05) is 17.3 Å². The topological polar surface area (TPSA) is 94.4 Å². The highest BCUT2D eigenvalue weighted by atomic mass is 16.5. The van der Waals surface area contributed by atoms with Gasteiger partial charge in [-0.15, -0.1) is 0 Å². The van der Waals surface area contributed by atoms with Crippen LogP contribution in [0, 0.1) is 0 Å². The molecule has 1 aromatic carbocycles. The first-order chi connectivity index (χ1) is 9.26. The Morgan fingerprint density at radius 1 is 1.42 bits per heavy atom. The van der Waals surface area contributed by atoms with Gasteiger partial charge >= 0.3 is 0 Å². The van der Waals surface area contributed by atoms with Crippen molar-refractivity contribution in [2.45, 2.75) is 19.4 Å². The van der Waals surface area contributed by atoms with Crippen LogP contribution in [-0.4, -0.2) is 28.4 Å². The number of nitrogens with zero attached hydrogens (tertiary/aromatic N) is 2. The fourth-order valence-corrected chi connectivity index (χ4v) is 1.69. The van der Waals surface area contributed by atoms with Gasteiger partial charge in [0.1, 0.15) is 11.9 Å². The van der Waals surface area contributed by atoms with Crippen LogP contribution in [0.15, 0.2) is 28.8 Å². The lowest BCUT2D eigenvalue weighted by Gasteiger charge is -2.06. The molecule has 0 amide bonds. The number of ether oxygens (including phenoxy) is 1. The minimum Gasteiger partial charge on any atom is -0.493 e. The van der Waals surface area contributed by atoms with E-state index < -0.39 is 6.10 Å². The van der Waals surface area contributed by atoms with Gasteiger partial charge in [-0.2, -0.15) is 4.98 Å². The monoisotopic (exact) mass is 263 g/mol. The van der Waals surface area contributed by atoms with Gasteiger partial charge in [-0.05, 0) is 32.0 Å². The first-order valence-electron chi connectivity index (χ1n) is 6.20. The molecule has 102 valence electrons. The van der Waals surface area contributed by atoms with E-state index in [1.807, 2.05) is 31.2 Å². The summed E-state index contributed by atoms with van der Waals surface area (Å²) in [7, 11) is 0. The van der Waals surface area contributed by atoms with E-state index in [4.69, 9.17) is 15.0 Å². The molecule has 0 aliphatic carbocycles. The van der Waals surface area contributed by atoms with E-state index in [1.54, 1.807) is 0 Å². The molecule has 2 rings (SSSR count). The van der Waals surface area contributed by atoms with E-state index in [0.717, 1.165) is 5.56 Å². The Morgan fingerprint density at radius 3 is 2.95 bits per heavy atom. The summed E-state index contributed by atoms with van der Waals surface area (Å²) in [6.07, 6.45) is -0.445. The molecule has 3 N–H and O–H groups in total. The zero-order valence-corrected chi connectivity index (χ0v) is 10.7. The molecule has 0 aliphatic rings. The molecule has 1 atom stereocenters. The standard InChI is InChI=1S/C13H17N3O3/c1-2-18-11-6-4-3-5-9(11)12-15-13(19-16-12)10(17)7-8-14/h3-6,10,17H,2,7-8,14H2,1H3/t10-/m0/s1. The molecule has 0 fully saturated rings. The largest absolute Gasteiger partial charge is 0.493 e. The van der Waals surface area contributed by atoms with Gasteiger partial charge in [0.05, 0.1) is 12.2 Å². The lowest BCUT2D eigenvalue weighted by atomic mass is 10.2. The maximum Gasteiger partial charge on any atom is 0.255 e. The van der Waals surface area contributed by atoms with Crippen LogP contribution in [0.4, 0.5) is 0 Å². The summed E-state index contributed by atoms with van der Waals surface area (Å²) in [5.41, 5.74) is 6.11. The van der Waals surface area contributed by atoms with Gasteiger partial charge in [0.15, 0.2) is 0 Å². The fourth-order valence-electron chi connectivity index (χ4n) is 1.69. The molecule has 6 heteroatoms. The average Bonchev–Trinajstić information content (AvgIpc) is 2.90. The second-order valence-electron chi connectivity index (χ2n) is 3.98. The molecule has 1 heterocycles. The predicted molar refractivity (Wildman–Crippen MR) is 69.5 cm³/mol. The Hall–Kier alpha value is -1.92. The normalized spacial score (nSPS) is 12.4. The van der Waals surface area contributed by atoms with E-state index >= 15 is 0 Å². The lowest BCUT2D eigenvalue weighted by molar-refractivity contribution is 0.127. The maximum atomic E-state index is 9.75. The first-order valence-corrected chi connectivity index (χ1v) is 6.20. The molecule has 19 heavy (non-hydrogen) atoms. The third-order valence-electron chi connectivity index (χ3n) is 2.59. The van der Waals surface area contributed by atoms with Crippen molar-refractivity contribution in [3.05, 3.63) is 30.2 Å². The number of aliphatic hydroxyl groups excluding tert-OH is 1. The van der Waals surface area contributed by atoms with E-state index in [0.29, 0.717) is 31.1 Å². The molecule has 0 aliphatic heterocycles. The van der Waals surface area contributed by atoms with Crippen LogP contribution in [0.25, 0.3) is 11.4 Å². The van der Waals surface area contributed by atoms with Crippen molar-refractivity contribution in [2.75, 3.05) is 13.2 Å². The third-order valence-corrected chi connectivity index (χ3v) is 2.59. The first kappa shape index (κ1) is 13.5. The van der Waals surface area contributed by atoms with Crippen LogP contribution in [0.1, 0.15) is 25.3 Å². The number of para-hydroxylation sites is 1. The van der Waals surface area contributed by atoms with Gasteiger partial charge in [0.25, 0.3) is 5.89 Å². The summed E-state index contributed by atoms with van der Waals surface area (Å²) in [5.74, 6) is 1.26. The van der Waals surface area contributed by atoms with Crippen molar-refractivity contribution in [2.24, 2.45) is 5.73 Å². The molecule has 0 bridgehead atoms. The molecule has 0 unspecified atom stereocenters. The second kappa shape index (κ2) is 6.31. The number of aliphatic hydroxyl groups is 1. The highest BCUT2D eigenvalue weighted by Gasteiger charge is 2.18. The molecule has 0 saturated carbocycles.